The van der Waals surface area contributed by atoms with Gasteiger partial charge in [0.2, 0.25) is 0 Å². The SMILES string of the molecule is CCN(C(C)CN(C)C)C(CN)c1ccc(F)c(F)c1. The van der Waals surface area contributed by atoms with Gasteiger partial charge in [0, 0.05) is 25.2 Å². The molecule has 2 N–H and O–H groups in total. The monoisotopic (exact) mass is 285 g/mol. The molecule has 1 aromatic carbocycles. The van der Waals surface area contributed by atoms with Crippen LogP contribution in [0.4, 0.5) is 8.78 Å². The van der Waals surface area contributed by atoms with Crippen LogP contribution in [0.2, 0.25) is 0 Å². The average Bonchev–Trinajstić information content (AvgIpc) is 2.38. The van der Waals surface area contributed by atoms with Gasteiger partial charge in [-0.2, -0.15) is 0 Å². The molecule has 0 heterocycles. The molecule has 0 aliphatic rings. The summed E-state index contributed by atoms with van der Waals surface area (Å²) >= 11 is 0. The van der Waals surface area contributed by atoms with Gasteiger partial charge < -0.3 is 10.6 Å². The number of rotatable bonds is 7. The quantitative estimate of drug-likeness (QED) is 0.834. The van der Waals surface area contributed by atoms with Gasteiger partial charge in [-0.25, -0.2) is 8.78 Å². The molecule has 0 radical (unpaired) electrons. The van der Waals surface area contributed by atoms with Gasteiger partial charge >= 0.3 is 0 Å². The summed E-state index contributed by atoms with van der Waals surface area (Å²) in [5.41, 5.74) is 6.59. The Morgan fingerprint density at radius 1 is 1.20 bits per heavy atom. The molecule has 0 aliphatic carbocycles. The first kappa shape index (κ1) is 17.0. The molecule has 20 heavy (non-hydrogen) atoms. The van der Waals surface area contributed by atoms with Crippen LogP contribution in [0.1, 0.15) is 25.5 Å². The standard InChI is InChI=1S/C15H25F2N3/c1-5-20(11(2)10-19(3)4)15(9-18)12-6-7-13(16)14(17)8-12/h6-8,11,15H,5,9-10,18H2,1-4H3. The Balaban J connectivity index is 2.98. The number of hydrogen-bond acceptors (Lipinski definition) is 3. The second kappa shape index (κ2) is 7.67. The van der Waals surface area contributed by atoms with Crippen LogP contribution in [0.15, 0.2) is 18.2 Å². The largest absolute Gasteiger partial charge is 0.329 e. The van der Waals surface area contributed by atoms with Crippen molar-refractivity contribution in [2.75, 3.05) is 33.7 Å². The van der Waals surface area contributed by atoms with Gasteiger partial charge in [-0.15, -0.1) is 0 Å². The van der Waals surface area contributed by atoms with Crippen molar-refractivity contribution in [2.24, 2.45) is 5.73 Å². The number of halogens is 2. The Morgan fingerprint density at radius 3 is 2.30 bits per heavy atom. The Bertz CT molecular complexity index is 424. The van der Waals surface area contributed by atoms with Crippen molar-refractivity contribution < 1.29 is 8.78 Å². The molecule has 1 rings (SSSR count). The summed E-state index contributed by atoms with van der Waals surface area (Å²) in [5.74, 6) is -1.65. The predicted octanol–water partition coefficient (Wildman–Crippen LogP) is 2.24. The van der Waals surface area contributed by atoms with E-state index in [0.29, 0.717) is 6.54 Å². The van der Waals surface area contributed by atoms with Crippen LogP contribution in [-0.2, 0) is 0 Å². The molecule has 5 heteroatoms. The predicted molar refractivity (Wildman–Crippen MR) is 78.5 cm³/mol. The fourth-order valence-electron chi connectivity index (χ4n) is 2.66. The molecule has 0 fully saturated rings. The molecule has 3 nitrogen and oxygen atoms in total. The van der Waals surface area contributed by atoms with Gasteiger partial charge in [-0.05, 0) is 45.3 Å². The van der Waals surface area contributed by atoms with Gasteiger partial charge in [0.1, 0.15) is 0 Å². The van der Waals surface area contributed by atoms with Crippen LogP contribution < -0.4 is 5.73 Å². The highest BCUT2D eigenvalue weighted by Gasteiger charge is 2.23. The third kappa shape index (κ3) is 4.23. The molecule has 0 saturated carbocycles. The fraction of sp³-hybridized carbons (Fsp3) is 0.600. The molecule has 0 saturated heterocycles. The molecule has 2 atom stereocenters. The lowest BCUT2D eigenvalue weighted by molar-refractivity contribution is 0.130. The molecule has 0 aromatic heterocycles. The number of benzene rings is 1. The van der Waals surface area contributed by atoms with Crippen LogP contribution in [0.5, 0.6) is 0 Å². The smallest absolute Gasteiger partial charge is 0.159 e. The second-order valence-corrected chi connectivity index (χ2v) is 5.37. The Kier molecular flexibility index (Phi) is 6.52. The van der Waals surface area contributed by atoms with E-state index < -0.39 is 11.6 Å². The van der Waals surface area contributed by atoms with Crippen molar-refractivity contribution in [3.63, 3.8) is 0 Å². The zero-order valence-electron chi connectivity index (χ0n) is 12.7. The average molecular weight is 285 g/mol. The van der Waals surface area contributed by atoms with Gasteiger partial charge in [0.15, 0.2) is 11.6 Å². The van der Waals surface area contributed by atoms with Crippen molar-refractivity contribution in [1.29, 1.82) is 0 Å². The lowest BCUT2D eigenvalue weighted by Crippen LogP contribution is -2.44. The Labute approximate surface area is 120 Å². The van der Waals surface area contributed by atoms with E-state index >= 15 is 0 Å². The Morgan fingerprint density at radius 2 is 1.85 bits per heavy atom. The molecular weight excluding hydrogens is 260 g/mol. The zero-order chi connectivity index (χ0) is 15.3. The third-order valence-electron chi connectivity index (χ3n) is 3.51. The van der Waals surface area contributed by atoms with Crippen molar-refractivity contribution in [3.05, 3.63) is 35.4 Å². The van der Waals surface area contributed by atoms with Crippen LogP contribution in [0.3, 0.4) is 0 Å². The summed E-state index contributed by atoms with van der Waals surface area (Å²) in [7, 11) is 4.03. The van der Waals surface area contributed by atoms with E-state index in [-0.39, 0.29) is 12.1 Å². The normalized spacial score (nSPS) is 14.8. The molecule has 1 aromatic rings. The number of nitrogens with two attached hydrogens (primary N) is 1. The van der Waals surface area contributed by atoms with Gasteiger partial charge in [-0.3, -0.25) is 4.90 Å². The maximum atomic E-state index is 13.4. The summed E-state index contributed by atoms with van der Waals surface area (Å²) in [6, 6.07) is 4.19. The maximum Gasteiger partial charge on any atom is 0.159 e. The summed E-state index contributed by atoms with van der Waals surface area (Å²) in [5, 5.41) is 0. The molecular formula is C15H25F2N3. The van der Waals surface area contributed by atoms with E-state index in [0.717, 1.165) is 24.7 Å². The van der Waals surface area contributed by atoms with Crippen LogP contribution in [0.25, 0.3) is 0 Å². The number of likely N-dealkylation sites (N-methyl/N-ethyl adjacent to an activating group) is 2. The number of hydrogen-bond donors (Lipinski definition) is 1. The van der Waals surface area contributed by atoms with Crippen LogP contribution in [-0.4, -0.2) is 49.6 Å². The van der Waals surface area contributed by atoms with Gasteiger partial charge in [0.05, 0.1) is 0 Å². The maximum absolute atomic E-state index is 13.4. The highest BCUT2D eigenvalue weighted by atomic mass is 19.2. The summed E-state index contributed by atoms with van der Waals surface area (Å²) < 4.78 is 26.5. The topological polar surface area (TPSA) is 32.5 Å². The lowest BCUT2D eigenvalue weighted by atomic mass is 10.0. The highest BCUT2D eigenvalue weighted by Crippen LogP contribution is 2.23. The molecule has 0 spiro atoms. The minimum Gasteiger partial charge on any atom is -0.329 e. The van der Waals surface area contributed by atoms with Crippen molar-refractivity contribution in [2.45, 2.75) is 25.9 Å². The van der Waals surface area contributed by atoms with E-state index in [1.54, 1.807) is 6.07 Å². The van der Waals surface area contributed by atoms with Gasteiger partial charge in [0.25, 0.3) is 0 Å². The van der Waals surface area contributed by atoms with Crippen LogP contribution >= 0.6 is 0 Å². The summed E-state index contributed by atoms with van der Waals surface area (Å²) in [4.78, 5) is 4.32. The third-order valence-corrected chi connectivity index (χ3v) is 3.51. The highest BCUT2D eigenvalue weighted by molar-refractivity contribution is 5.22. The minimum absolute atomic E-state index is 0.106. The molecule has 2 unspecified atom stereocenters. The molecule has 0 amide bonds. The number of nitrogens with zero attached hydrogens (tertiary/aromatic N) is 2. The van der Waals surface area contributed by atoms with E-state index in [9.17, 15) is 8.78 Å². The van der Waals surface area contributed by atoms with Crippen molar-refractivity contribution in [3.8, 4) is 0 Å². The molecule has 114 valence electrons. The summed E-state index contributed by atoms with van der Waals surface area (Å²) in [6.07, 6.45) is 0. The van der Waals surface area contributed by atoms with E-state index in [1.807, 2.05) is 14.1 Å². The fourth-order valence-corrected chi connectivity index (χ4v) is 2.66. The Hall–Kier alpha value is -1.04. The summed E-state index contributed by atoms with van der Waals surface area (Å²) in [6.45, 7) is 6.22. The van der Waals surface area contributed by atoms with Crippen molar-refractivity contribution >= 4 is 0 Å². The first-order valence-corrected chi connectivity index (χ1v) is 6.96. The molecule has 0 aliphatic heterocycles. The van der Waals surface area contributed by atoms with Crippen LogP contribution in [0, 0.1) is 11.6 Å². The first-order chi connectivity index (χ1) is 9.40. The van der Waals surface area contributed by atoms with E-state index in [4.69, 9.17) is 5.73 Å². The van der Waals surface area contributed by atoms with Crippen molar-refractivity contribution in [1.82, 2.24) is 9.80 Å². The molecule has 0 bridgehead atoms. The zero-order valence-corrected chi connectivity index (χ0v) is 12.7. The van der Waals surface area contributed by atoms with E-state index in [2.05, 4.69) is 23.6 Å². The van der Waals surface area contributed by atoms with Gasteiger partial charge in [-0.1, -0.05) is 13.0 Å². The lowest BCUT2D eigenvalue weighted by Gasteiger charge is -2.36. The van der Waals surface area contributed by atoms with E-state index in [1.165, 1.54) is 6.07 Å². The minimum atomic E-state index is -0.825. The first-order valence-electron chi connectivity index (χ1n) is 6.96. The second-order valence-electron chi connectivity index (χ2n) is 5.37.